The molecule has 0 saturated carbocycles. The molecule has 0 radical (unpaired) electrons. The first-order chi connectivity index (χ1) is 22.0. The van der Waals surface area contributed by atoms with E-state index in [9.17, 15) is 19.2 Å². The largest absolute Gasteiger partial charge is 0.357 e. The van der Waals surface area contributed by atoms with Crippen LogP contribution in [0.3, 0.4) is 0 Å². The third kappa shape index (κ3) is 5.84. The second-order valence-corrected chi connectivity index (χ2v) is 13.5. The van der Waals surface area contributed by atoms with Crippen LogP contribution in [-0.4, -0.2) is 69.6 Å². The van der Waals surface area contributed by atoms with E-state index in [0.717, 1.165) is 23.1 Å². The normalized spacial score (nSPS) is 22.6. The molecule has 1 aromatic heterocycles. The van der Waals surface area contributed by atoms with Crippen LogP contribution in [0.15, 0.2) is 48.7 Å². The van der Waals surface area contributed by atoms with Crippen LogP contribution >= 0.6 is 11.6 Å². The van der Waals surface area contributed by atoms with Gasteiger partial charge in [0.15, 0.2) is 0 Å². The monoisotopic (exact) mass is 645 g/mol. The second kappa shape index (κ2) is 12.4. The highest BCUT2D eigenvalue weighted by atomic mass is 35.5. The first-order valence-corrected chi connectivity index (χ1v) is 16.2. The van der Waals surface area contributed by atoms with Gasteiger partial charge in [-0.05, 0) is 83.7 Å². The van der Waals surface area contributed by atoms with Gasteiger partial charge in [-0.25, -0.2) is 4.79 Å². The molecule has 242 valence electrons. The van der Waals surface area contributed by atoms with Gasteiger partial charge in [0.25, 0.3) is 5.91 Å². The van der Waals surface area contributed by atoms with Crippen LogP contribution in [0.1, 0.15) is 53.0 Å². The summed E-state index contributed by atoms with van der Waals surface area (Å²) in [5.74, 6) is -0.877. The average Bonchev–Trinajstić information content (AvgIpc) is 3.75. The molecule has 12 heteroatoms. The molecule has 5 amide bonds. The quantitative estimate of drug-likeness (QED) is 0.298. The van der Waals surface area contributed by atoms with Crippen molar-refractivity contribution in [1.82, 2.24) is 30.6 Å². The number of carbonyl (C=O) groups excluding carboxylic acids is 4. The number of fused-ring (bicyclic) bond motifs is 2. The summed E-state index contributed by atoms with van der Waals surface area (Å²) < 4.78 is 1.48. The number of amides is 5. The summed E-state index contributed by atoms with van der Waals surface area (Å²) in [6.45, 7) is 4.54. The van der Waals surface area contributed by atoms with Crippen molar-refractivity contribution in [3.05, 3.63) is 81.6 Å². The number of hydrogen-bond acceptors (Lipinski definition) is 5. The van der Waals surface area contributed by atoms with Crippen molar-refractivity contribution < 1.29 is 19.2 Å². The van der Waals surface area contributed by atoms with Gasteiger partial charge in [0.05, 0.1) is 6.04 Å². The van der Waals surface area contributed by atoms with E-state index in [4.69, 9.17) is 11.6 Å². The van der Waals surface area contributed by atoms with Crippen molar-refractivity contribution in [2.75, 3.05) is 18.9 Å². The summed E-state index contributed by atoms with van der Waals surface area (Å²) in [6, 6.07) is 11.9. The molecule has 2 aromatic carbocycles. The molecular formula is C34H40ClN7O4. The number of rotatable bonds is 8. The predicted molar refractivity (Wildman–Crippen MR) is 175 cm³/mol. The Kier molecular flexibility index (Phi) is 8.54. The Morgan fingerprint density at radius 1 is 1.04 bits per heavy atom. The maximum atomic E-state index is 14.0. The first kappa shape index (κ1) is 31.6. The minimum absolute atomic E-state index is 0.0474. The third-order valence-electron chi connectivity index (χ3n) is 9.87. The van der Waals surface area contributed by atoms with Crippen LogP contribution in [0, 0.1) is 11.8 Å². The summed E-state index contributed by atoms with van der Waals surface area (Å²) in [4.78, 5) is 55.5. The zero-order chi connectivity index (χ0) is 32.7. The number of nitrogens with one attached hydrogen (secondary N) is 4. The van der Waals surface area contributed by atoms with E-state index >= 15 is 0 Å². The van der Waals surface area contributed by atoms with E-state index in [1.807, 2.05) is 50.2 Å². The maximum absolute atomic E-state index is 14.0. The van der Waals surface area contributed by atoms with E-state index in [1.54, 1.807) is 31.3 Å². The number of aromatic nitrogens is 2. The fourth-order valence-corrected chi connectivity index (χ4v) is 7.41. The fourth-order valence-electron chi connectivity index (χ4n) is 7.22. The lowest BCUT2D eigenvalue weighted by Crippen LogP contribution is -2.60. The number of nitrogens with zero attached hydrogens (tertiary/aromatic N) is 3. The molecule has 1 aliphatic heterocycles. The number of carbonyl (C=O) groups is 4. The Labute approximate surface area is 273 Å². The molecule has 1 saturated heterocycles. The zero-order valence-corrected chi connectivity index (χ0v) is 27.3. The van der Waals surface area contributed by atoms with Crippen molar-refractivity contribution >= 4 is 41.0 Å². The minimum Gasteiger partial charge on any atom is -0.357 e. The summed E-state index contributed by atoms with van der Waals surface area (Å²) in [6.07, 6.45) is 4.32. The molecule has 4 atom stereocenters. The van der Waals surface area contributed by atoms with Crippen LogP contribution < -0.4 is 21.3 Å². The number of halogens is 1. The Morgan fingerprint density at radius 3 is 2.50 bits per heavy atom. The molecule has 3 aromatic rings. The van der Waals surface area contributed by atoms with Gasteiger partial charge in [0.2, 0.25) is 11.8 Å². The molecule has 46 heavy (non-hydrogen) atoms. The highest BCUT2D eigenvalue weighted by Gasteiger charge is 2.53. The number of aryl methyl sites for hydroxylation is 2. The maximum Gasteiger partial charge on any atom is 0.318 e. The molecule has 4 N–H and O–H groups in total. The van der Waals surface area contributed by atoms with Crippen LogP contribution in [0.4, 0.5) is 10.5 Å². The van der Waals surface area contributed by atoms with Crippen molar-refractivity contribution in [2.24, 2.45) is 18.9 Å². The van der Waals surface area contributed by atoms with Gasteiger partial charge in [0.1, 0.15) is 17.3 Å². The van der Waals surface area contributed by atoms with Crippen molar-refractivity contribution in [1.29, 1.82) is 0 Å². The lowest BCUT2D eigenvalue weighted by molar-refractivity contribution is -0.130. The Bertz CT molecular complexity index is 1700. The lowest BCUT2D eigenvalue weighted by atomic mass is 9.79. The average molecular weight is 646 g/mol. The summed E-state index contributed by atoms with van der Waals surface area (Å²) >= 11 is 6.30. The molecule has 2 aliphatic carbocycles. The van der Waals surface area contributed by atoms with E-state index in [-0.39, 0.29) is 41.6 Å². The van der Waals surface area contributed by atoms with Crippen molar-refractivity contribution in [3.8, 4) is 0 Å². The molecule has 6 rings (SSSR count). The highest BCUT2D eigenvalue weighted by molar-refractivity contribution is 6.30. The van der Waals surface area contributed by atoms with Gasteiger partial charge in [0, 0.05) is 50.4 Å². The summed E-state index contributed by atoms with van der Waals surface area (Å²) in [7, 11) is 3.27. The number of hydrogen-bond donors (Lipinski definition) is 4. The molecule has 3 unspecified atom stereocenters. The molecule has 2 heterocycles. The van der Waals surface area contributed by atoms with Crippen molar-refractivity contribution in [3.63, 3.8) is 0 Å². The summed E-state index contributed by atoms with van der Waals surface area (Å²) in [5.41, 5.74) is 3.95. The molecule has 3 aliphatic rings. The standard InChI is InChI=1S/C34H40ClN7O4/c1-19(2)27-18-42(33(46)39-27)34(32(45)36-3)16-22-8-10-26(15-24(22)17-34)38-31(44)29(40-30(43)28-11-12-37-41(28)4)21-6-5-20-7-9-25(35)14-23(20)13-21/h7-12,14-15,19,21,27,29H,5-6,13,16-18H2,1-4H3,(H,36,45)(H,38,44)(H,39,46)(H,40,43)/t21?,27-,29?,34?/m0/s1. The molecular weight excluding hydrogens is 606 g/mol. The van der Waals surface area contributed by atoms with E-state index < -0.39 is 11.6 Å². The van der Waals surface area contributed by atoms with Gasteiger partial charge >= 0.3 is 6.03 Å². The van der Waals surface area contributed by atoms with Gasteiger partial charge in [-0.15, -0.1) is 0 Å². The Balaban J connectivity index is 1.25. The molecule has 0 bridgehead atoms. The highest BCUT2D eigenvalue weighted by Crippen LogP contribution is 2.38. The smallest absolute Gasteiger partial charge is 0.318 e. The van der Waals surface area contributed by atoms with Gasteiger partial charge in [-0.2, -0.15) is 5.10 Å². The lowest BCUT2D eigenvalue weighted by Gasteiger charge is -2.36. The van der Waals surface area contributed by atoms with Gasteiger partial charge in [-0.1, -0.05) is 37.6 Å². The van der Waals surface area contributed by atoms with Crippen LogP contribution in [0.25, 0.3) is 0 Å². The number of benzene rings is 2. The van der Waals surface area contributed by atoms with E-state index in [0.29, 0.717) is 48.6 Å². The van der Waals surface area contributed by atoms with Crippen LogP contribution in [0.5, 0.6) is 0 Å². The molecule has 0 spiro atoms. The molecule has 1 fully saturated rings. The Morgan fingerprint density at radius 2 is 1.80 bits per heavy atom. The number of anilines is 1. The minimum atomic E-state index is -1.07. The van der Waals surface area contributed by atoms with E-state index in [2.05, 4.69) is 26.4 Å². The second-order valence-electron chi connectivity index (χ2n) is 13.1. The number of urea groups is 1. The van der Waals surface area contributed by atoms with Crippen LogP contribution in [-0.2, 0) is 42.3 Å². The van der Waals surface area contributed by atoms with Crippen molar-refractivity contribution in [2.45, 2.75) is 63.6 Å². The van der Waals surface area contributed by atoms with Gasteiger partial charge in [-0.3, -0.25) is 19.1 Å². The van der Waals surface area contributed by atoms with E-state index in [1.165, 1.54) is 10.2 Å². The SMILES string of the molecule is CNC(=O)C1(N2C[C@@H](C(C)C)NC2=O)Cc2ccc(NC(=O)C(NC(=O)c3ccnn3C)C3CCc4ccc(Cl)cc4C3)cc2C1. The van der Waals surface area contributed by atoms with Gasteiger partial charge < -0.3 is 26.2 Å². The first-order valence-electron chi connectivity index (χ1n) is 15.8. The zero-order valence-electron chi connectivity index (χ0n) is 26.5. The topological polar surface area (TPSA) is 137 Å². The molecule has 11 nitrogen and oxygen atoms in total. The Hall–Kier alpha value is -4.38. The fraction of sp³-hybridized carbons (Fsp3) is 0.441. The van der Waals surface area contributed by atoms with Crippen LogP contribution in [0.2, 0.25) is 5.02 Å². The summed E-state index contributed by atoms with van der Waals surface area (Å²) in [5, 5.41) is 16.6. The third-order valence-corrected chi connectivity index (χ3v) is 10.1. The predicted octanol–water partition coefficient (Wildman–Crippen LogP) is 3.25. The number of likely N-dealkylation sites (N-methyl/N-ethyl adjacent to an activating group) is 1.